The van der Waals surface area contributed by atoms with E-state index >= 15 is 0 Å². The maximum atomic E-state index is 13.0. The molecule has 1 aromatic carbocycles. The normalized spacial score (nSPS) is 11.9. The highest BCUT2D eigenvalue weighted by atomic mass is 35.5. The van der Waals surface area contributed by atoms with Crippen LogP contribution < -0.4 is 5.32 Å². The van der Waals surface area contributed by atoms with Gasteiger partial charge in [-0.05, 0) is 35.7 Å². The van der Waals surface area contributed by atoms with Crippen LogP contribution in [0.15, 0.2) is 42.7 Å². The van der Waals surface area contributed by atoms with Gasteiger partial charge in [0.15, 0.2) is 0 Å². The average molecular weight is 293 g/mol. The van der Waals surface area contributed by atoms with Crippen molar-refractivity contribution in [3.8, 4) is 0 Å². The number of amides is 1. The summed E-state index contributed by atoms with van der Waals surface area (Å²) < 4.78 is 13.0. The molecule has 0 bridgehead atoms. The lowest BCUT2D eigenvalue weighted by Crippen LogP contribution is -2.14. The maximum Gasteiger partial charge on any atom is 0.224 e. The number of carbonyl (C=O) groups is 1. The smallest absolute Gasteiger partial charge is 0.224 e. The topological polar surface area (TPSA) is 42.0 Å². The first kappa shape index (κ1) is 14.5. The largest absolute Gasteiger partial charge is 0.326 e. The standard InChI is InChI=1S/C15H14ClFN2O/c1-10(11-3-2-6-18-9-11)7-15(20)19-12-4-5-14(17)13(16)8-12/h2-6,8-10H,7H2,1H3,(H,19,20). The number of benzene rings is 1. The zero-order valence-corrected chi connectivity index (χ0v) is 11.7. The Bertz CT molecular complexity index is 604. The van der Waals surface area contributed by atoms with Crippen LogP contribution in [0.2, 0.25) is 5.02 Å². The molecule has 3 nitrogen and oxygen atoms in total. The van der Waals surface area contributed by atoms with Crippen molar-refractivity contribution in [2.75, 3.05) is 5.32 Å². The number of halogens is 2. The van der Waals surface area contributed by atoms with Crippen LogP contribution in [-0.2, 0) is 4.79 Å². The first-order valence-corrected chi connectivity index (χ1v) is 6.59. The molecule has 5 heteroatoms. The van der Waals surface area contributed by atoms with E-state index in [1.54, 1.807) is 12.4 Å². The molecular formula is C15H14ClFN2O. The Morgan fingerprint density at radius 1 is 1.45 bits per heavy atom. The predicted octanol–water partition coefficient (Wildman–Crippen LogP) is 4.01. The van der Waals surface area contributed by atoms with Crippen molar-refractivity contribution in [3.05, 3.63) is 59.1 Å². The second-order valence-corrected chi connectivity index (χ2v) is 4.98. The van der Waals surface area contributed by atoms with E-state index in [2.05, 4.69) is 10.3 Å². The van der Waals surface area contributed by atoms with Crippen molar-refractivity contribution in [1.29, 1.82) is 0 Å². The molecule has 0 saturated carbocycles. The summed E-state index contributed by atoms with van der Waals surface area (Å²) in [5.41, 5.74) is 1.49. The molecule has 1 atom stereocenters. The summed E-state index contributed by atoms with van der Waals surface area (Å²) in [5.74, 6) is -0.600. The summed E-state index contributed by atoms with van der Waals surface area (Å²) in [7, 11) is 0. The minimum atomic E-state index is -0.506. The van der Waals surface area contributed by atoms with Gasteiger partial charge < -0.3 is 5.32 Å². The molecule has 2 aromatic rings. The SMILES string of the molecule is CC(CC(=O)Nc1ccc(F)c(Cl)c1)c1cccnc1. The Morgan fingerprint density at radius 3 is 2.90 bits per heavy atom. The summed E-state index contributed by atoms with van der Waals surface area (Å²) in [4.78, 5) is 16.0. The third-order valence-electron chi connectivity index (χ3n) is 2.95. The molecule has 1 N–H and O–H groups in total. The van der Waals surface area contributed by atoms with Gasteiger partial charge in [-0.3, -0.25) is 9.78 Å². The van der Waals surface area contributed by atoms with Crippen molar-refractivity contribution in [2.24, 2.45) is 0 Å². The average Bonchev–Trinajstić information content (AvgIpc) is 2.44. The molecule has 0 aliphatic rings. The first-order chi connectivity index (χ1) is 9.56. The van der Waals surface area contributed by atoms with E-state index in [0.717, 1.165) is 5.56 Å². The summed E-state index contributed by atoms with van der Waals surface area (Å²) in [5, 5.41) is 2.69. The van der Waals surface area contributed by atoms with Gasteiger partial charge in [0.05, 0.1) is 5.02 Å². The minimum absolute atomic E-state index is 0.0110. The highest BCUT2D eigenvalue weighted by molar-refractivity contribution is 6.31. The minimum Gasteiger partial charge on any atom is -0.326 e. The van der Waals surface area contributed by atoms with Crippen molar-refractivity contribution in [1.82, 2.24) is 4.98 Å². The van der Waals surface area contributed by atoms with E-state index in [4.69, 9.17) is 11.6 Å². The summed E-state index contributed by atoms with van der Waals surface area (Å²) in [6.07, 6.45) is 3.75. The van der Waals surface area contributed by atoms with E-state index in [1.807, 2.05) is 19.1 Å². The molecule has 20 heavy (non-hydrogen) atoms. The van der Waals surface area contributed by atoms with Crippen LogP contribution in [0.25, 0.3) is 0 Å². The predicted molar refractivity (Wildman–Crippen MR) is 77.3 cm³/mol. The molecule has 1 amide bonds. The second kappa shape index (κ2) is 6.48. The van der Waals surface area contributed by atoms with Gasteiger partial charge >= 0.3 is 0 Å². The van der Waals surface area contributed by atoms with Crippen LogP contribution in [0.4, 0.5) is 10.1 Å². The van der Waals surface area contributed by atoms with E-state index in [1.165, 1.54) is 18.2 Å². The number of hydrogen-bond acceptors (Lipinski definition) is 2. The quantitative estimate of drug-likeness (QED) is 0.925. The number of pyridine rings is 1. The van der Waals surface area contributed by atoms with E-state index in [-0.39, 0.29) is 16.8 Å². The van der Waals surface area contributed by atoms with Gasteiger partial charge in [0, 0.05) is 24.5 Å². The number of anilines is 1. The van der Waals surface area contributed by atoms with Crippen LogP contribution in [0.1, 0.15) is 24.8 Å². The van der Waals surface area contributed by atoms with Gasteiger partial charge in [0.1, 0.15) is 5.82 Å². The highest BCUT2D eigenvalue weighted by Crippen LogP contribution is 2.21. The molecular weight excluding hydrogens is 279 g/mol. The first-order valence-electron chi connectivity index (χ1n) is 6.21. The zero-order valence-electron chi connectivity index (χ0n) is 10.9. The monoisotopic (exact) mass is 292 g/mol. The highest BCUT2D eigenvalue weighted by Gasteiger charge is 2.12. The van der Waals surface area contributed by atoms with Gasteiger partial charge in [-0.1, -0.05) is 24.6 Å². The van der Waals surface area contributed by atoms with Crippen molar-refractivity contribution in [2.45, 2.75) is 19.3 Å². The fourth-order valence-electron chi connectivity index (χ4n) is 1.85. The Morgan fingerprint density at radius 2 is 2.25 bits per heavy atom. The molecule has 0 saturated heterocycles. The van der Waals surface area contributed by atoms with Crippen LogP contribution >= 0.6 is 11.6 Å². The molecule has 0 radical (unpaired) electrons. The van der Waals surface area contributed by atoms with Crippen LogP contribution in [0, 0.1) is 5.82 Å². The van der Waals surface area contributed by atoms with Crippen LogP contribution in [0.3, 0.4) is 0 Å². The third-order valence-corrected chi connectivity index (χ3v) is 3.24. The second-order valence-electron chi connectivity index (χ2n) is 4.57. The molecule has 1 heterocycles. The number of hydrogen-bond donors (Lipinski definition) is 1. The number of nitrogens with one attached hydrogen (secondary N) is 1. The molecule has 104 valence electrons. The molecule has 2 rings (SSSR count). The summed E-state index contributed by atoms with van der Waals surface area (Å²) >= 11 is 5.66. The Kier molecular flexibility index (Phi) is 4.69. The number of aromatic nitrogens is 1. The lowest BCUT2D eigenvalue weighted by atomic mass is 9.99. The molecule has 0 spiro atoms. The molecule has 1 aromatic heterocycles. The zero-order chi connectivity index (χ0) is 14.5. The molecule has 0 aliphatic heterocycles. The van der Waals surface area contributed by atoms with Crippen molar-refractivity contribution >= 4 is 23.2 Å². The van der Waals surface area contributed by atoms with Gasteiger partial charge in [-0.15, -0.1) is 0 Å². The molecule has 1 unspecified atom stereocenters. The van der Waals surface area contributed by atoms with E-state index in [9.17, 15) is 9.18 Å². The number of carbonyl (C=O) groups excluding carboxylic acids is 1. The summed E-state index contributed by atoms with van der Waals surface area (Å²) in [6.45, 7) is 1.95. The third kappa shape index (κ3) is 3.78. The van der Waals surface area contributed by atoms with E-state index in [0.29, 0.717) is 12.1 Å². The van der Waals surface area contributed by atoms with Gasteiger partial charge in [-0.2, -0.15) is 0 Å². The van der Waals surface area contributed by atoms with Crippen molar-refractivity contribution in [3.63, 3.8) is 0 Å². The Hall–Kier alpha value is -1.94. The van der Waals surface area contributed by atoms with Gasteiger partial charge in [-0.25, -0.2) is 4.39 Å². The van der Waals surface area contributed by atoms with Crippen LogP contribution in [-0.4, -0.2) is 10.9 Å². The Balaban J connectivity index is 1.97. The van der Waals surface area contributed by atoms with Crippen molar-refractivity contribution < 1.29 is 9.18 Å². The maximum absolute atomic E-state index is 13.0. The fourth-order valence-corrected chi connectivity index (χ4v) is 2.03. The van der Waals surface area contributed by atoms with Crippen LogP contribution in [0.5, 0.6) is 0 Å². The van der Waals surface area contributed by atoms with Gasteiger partial charge in [0.2, 0.25) is 5.91 Å². The lowest BCUT2D eigenvalue weighted by Gasteiger charge is -2.11. The molecule has 0 fully saturated rings. The van der Waals surface area contributed by atoms with Gasteiger partial charge in [0.25, 0.3) is 0 Å². The fraction of sp³-hybridized carbons (Fsp3) is 0.200. The number of rotatable bonds is 4. The van der Waals surface area contributed by atoms with E-state index < -0.39 is 5.82 Å². The Labute approximate surface area is 121 Å². The molecule has 0 aliphatic carbocycles. The number of nitrogens with zero attached hydrogens (tertiary/aromatic N) is 1. The summed E-state index contributed by atoms with van der Waals surface area (Å²) in [6, 6.07) is 7.86. The lowest BCUT2D eigenvalue weighted by molar-refractivity contribution is -0.116.